The number of nitrogens with one attached hydrogen (secondary N) is 2. The molecule has 1 atom stereocenters. The summed E-state index contributed by atoms with van der Waals surface area (Å²) in [7, 11) is -3.20. The van der Waals surface area contributed by atoms with E-state index < -0.39 is 22.2 Å². The number of aliphatic imine (C=N–C) groups is 1. The molecule has 156 valence electrons. The van der Waals surface area contributed by atoms with Crippen molar-refractivity contribution in [3.63, 3.8) is 0 Å². The van der Waals surface area contributed by atoms with E-state index in [2.05, 4.69) is 15.0 Å². The van der Waals surface area contributed by atoms with Gasteiger partial charge in [0.25, 0.3) is 0 Å². The summed E-state index contributed by atoms with van der Waals surface area (Å²) in [6.45, 7) is 6.07. The summed E-state index contributed by atoms with van der Waals surface area (Å²) >= 11 is 0. The van der Waals surface area contributed by atoms with E-state index in [0.717, 1.165) is 6.26 Å². The quantitative estimate of drug-likeness (QED) is 0.230. The average Bonchev–Trinajstić information content (AvgIpc) is 2.51. The molecular weight excluding hydrogens is 486 g/mol. The zero-order valence-corrected chi connectivity index (χ0v) is 18.5. The molecule has 1 unspecified atom stereocenters. The Morgan fingerprint density at radius 3 is 2.27 bits per heavy atom. The predicted molar refractivity (Wildman–Crippen MR) is 108 cm³/mol. The topological polar surface area (TPSA) is 77.0 Å². The van der Waals surface area contributed by atoms with Crippen LogP contribution in [0.15, 0.2) is 4.99 Å². The van der Waals surface area contributed by atoms with Crippen molar-refractivity contribution >= 4 is 40.0 Å². The standard InChI is InChI=1S/C14H28F3N5O2S.HI/c1-4-18-13(19-6-5-7-20-25(3,23)24)22-10-8-21(9-11-22)12(2)14(15,16)17;/h12,20H,4-11H2,1-3H3,(H,18,19);1H. The normalized spacial score (nSPS) is 18.4. The summed E-state index contributed by atoms with van der Waals surface area (Å²) in [5.74, 6) is 0.654. The average molecular weight is 515 g/mol. The number of rotatable bonds is 7. The highest BCUT2D eigenvalue weighted by atomic mass is 127. The van der Waals surface area contributed by atoms with Crippen LogP contribution in [0, 0.1) is 0 Å². The molecule has 1 saturated heterocycles. The van der Waals surface area contributed by atoms with Gasteiger partial charge in [0.15, 0.2) is 5.96 Å². The summed E-state index contributed by atoms with van der Waals surface area (Å²) in [5.41, 5.74) is 0. The van der Waals surface area contributed by atoms with Gasteiger partial charge < -0.3 is 10.2 Å². The van der Waals surface area contributed by atoms with Gasteiger partial charge in [-0.3, -0.25) is 9.89 Å². The van der Waals surface area contributed by atoms with Gasteiger partial charge in [-0.1, -0.05) is 0 Å². The monoisotopic (exact) mass is 515 g/mol. The van der Waals surface area contributed by atoms with Crippen LogP contribution in [0.4, 0.5) is 13.2 Å². The Morgan fingerprint density at radius 1 is 1.23 bits per heavy atom. The van der Waals surface area contributed by atoms with Crippen LogP contribution in [0.1, 0.15) is 20.3 Å². The number of alkyl halides is 3. The van der Waals surface area contributed by atoms with Crippen molar-refractivity contribution in [1.29, 1.82) is 0 Å². The van der Waals surface area contributed by atoms with Gasteiger partial charge in [-0.25, -0.2) is 13.1 Å². The van der Waals surface area contributed by atoms with Crippen LogP contribution in [0.25, 0.3) is 0 Å². The maximum Gasteiger partial charge on any atom is 0.403 e. The zero-order valence-electron chi connectivity index (χ0n) is 15.3. The maximum atomic E-state index is 12.8. The third-order valence-corrected chi connectivity index (χ3v) is 4.66. The van der Waals surface area contributed by atoms with Crippen LogP contribution in [-0.2, 0) is 10.0 Å². The lowest BCUT2D eigenvalue weighted by Gasteiger charge is -2.39. The summed E-state index contributed by atoms with van der Waals surface area (Å²) in [6, 6.07) is -1.45. The molecule has 1 rings (SSSR count). The molecule has 12 heteroatoms. The van der Waals surface area contributed by atoms with Gasteiger partial charge in [0.2, 0.25) is 10.0 Å². The minimum atomic E-state index is -4.21. The van der Waals surface area contributed by atoms with Crippen LogP contribution >= 0.6 is 24.0 Å². The molecule has 0 radical (unpaired) electrons. The Morgan fingerprint density at radius 2 is 1.81 bits per heavy atom. The van der Waals surface area contributed by atoms with Gasteiger partial charge in [0.05, 0.1) is 6.26 Å². The third-order valence-electron chi connectivity index (χ3n) is 3.93. The highest BCUT2D eigenvalue weighted by molar-refractivity contribution is 14.0. The fraction of sp³-hybridized carbons (Fsp3) is 0.929. The van der Waals surface area contributed by atoms with E-state index in [0.29, 0.717) is 58.2 Å². The van der Waals surface area contributed by atoms with E-state index in [1.165, 1.54) is 11.8 Å². The molecule has 7 nitrogen and oxygen atoms in total. The number of hydrogen-bond donors (Lipinski definition) is 2. The molecular formula is C14H29F3IN5O2S. The summed E-state index contributed by atoms with van der Waals surface area (Å²) in [6.07, 6.45) is -2.57. The molecule has 1 aliphatic rings. The summed E-state index contributed by atoms with van der Waals surface area (Å²) in [5, 5.41) is 3.13. The molecule has 0 saturated carbocycles. The first-order valence-corrected chi connectivity index (χ1v) is 10.2. The maximum absolute atomic E-state index is 12.8. The molecule has 26 heavy (non-hydrogen) atoms. The molecule has 0 aromatic carbocycles. The molecule has 0 bridgehead atoms. The summed E-state index contributed by atoms with van der Waals surface area (Å²) < 4.78 is 62.7. The van der Waals surface area contributed by atoms with E-state index >= 15 is 0 Å². The number of hydrogen-bond acceptors (Lipinski definition) is 4. The fourth-order valence-corrected chi connectivity index (χ4v) is 2.99. The van der Waals surface area contributed by atoms with Gasteiger partial charge in [-0.05, 0) is 20.3 Å². The second kappa shape index (κ2) is 11.5. The number of halogens is 4. The number of sulfonamides is 1. The van der Waals surface area contributed by atoms with Gasteiger partial charge in [0.1, 0.15) is 6.04 Å². The first-order valence-electron chi connectivity index (χ1n) is 8.33. The lowest BCUT2D eigenvalue weighted by atomic mass is 10.2. The lowest BCUT2D eigenvalue weighted by Crippen LogP contribution is -2.56. The van der Waals surface area contributed by atoms with Crippen molar-refractivity contribution in [3.05, 3.63) is 0 Å². The minimum absolute atomic E-state index is 0. The van der Waals surface area contributed by atoms with Crippen LogP contribution in [0.3, 0.4) is 0 Å². The fourth-order valence-electron chi connectivity index (χ4n) is 2.48. The van der Waals surface area contributed by atoms with Crippen molar-refractivity contribution in [1.82, 2.24) is 19.8 Å². The van der Waals surface area contributed by atoms with Gasteiger partial charge in [0, 0.05) is 45.8 Å². The Hall–Kier alpha value is -0.340. The molecule has 1 heterocycles. The van der Waals surface area contributed by atoms with E-state index in [-0.39, 0.29) is 24.0 Å². The molecule has 1 fully saturated rings. The molecule has 1 aliphatic heterocycles. The summed E-state index contributed by atoms with van der Waals surface area (Å²) in [4.78, 5) is 7.80. The SMILES string of the molecule is CCNC(=NCCCNS(C)(=O)=O)N1CCN(C(C)C(F)(F)F)CC1.I. The Balaban J connectivity index is 0.00000625. The molecule has 0 amide bonds. The smallest absolute Gasteiger partial charge is 0.357 e. The lowest BCUT2D eigenvalue weighted by molar-refractivity contribution is -0.181. The van der Waals surface area contributed by atoms with E-state index in [1.807, 2.05) is 11.8 Å². The van der Waals surface area contributed by atoms with Crippen molar-refractivity contribution in [2.45, 2.75) is 32.5 Å². The first-order chi connectivity index (χ1) is 11.5. The van der Waals surface area contributed by atoms with Crippen molar-refractivity contribution < 1.29 is 21.6 Å². The van der Waals surface area contributed by atoms with Crippen LogP contribution in [0.2, 0.25) is 0 Å². The van der Waals surface area contributed by atoms with Crippen LogP contribution in [0.5, 0.6) is 0 Å². The Kier molecular flexibility index (Phi) is 11.3. The van der Waals surface area contributed by atoms with Crippen LogP contribution in [-0.4, -0.2) is 88.5 Å². The molecule has 0 aliphatic carbocycles. The number of nitrogens with zero attached hydrogens (tertiary/aromatic N) is 3. The third kappa shape index (κ3) is 9.55. The van der Waals surface area contributed by atoms with Crippen molar-refractivity contribution in [3.8, 4) is 0 Å². The second-order valence-electron chi connectivity index (χ2n) is 6.00. The van der Waals surface area contributed by atoms with Gasteiger partial charge in [-0.2, -0.15) is 13.2 Å². The zero-order chi connectivity index (χ0) is 19.1. The van der Waals surface area contributed by atoms with Crippen molar-refractivity contribution in [2.24, 2.45) is 4.99 Å². The first kappa shape index (κ1) is 25.7. The van der Waals surface area contributed by atoms with E-state index in [1.54, 1.807) is 0 Å². The van der Waals surface area contributed by atoms with Gasteiger partial charge >= 0.3 is 6.18 Å². The van der Waals surface area contributed by atoms with Crippen LogP contribution < -0.4 is 10.0 Å². The van der Waals surface area contributed by atoms with E-state index in [4.69, 9.17) is 0 Å². The van der Waals surface area contributed by atoms with Crippen molar-refractivity contribution in [2.75, 3.05) is 52.1 Å². The minimum Gasteiger partial charge on any atom is -0.357 e. The highest BCUT2D eigenvalue weighted by Crippen LogP contribution is 2.25. The van der Waals surface area contributed by atoms with Gasteiger partial charge in [-0.15, -0.1) is 24.0 Å². The molecule has 2 N–H and O–H groups in total. The number of guanidine groups is 1. The highest BCUT2D eigenvalue weighted by Gasteiger charge is 2.41. The predicted octanol–water partition coefficient (Wildman–Crippen LogP) is 1.08. The number of piperazine rings is 1. The Labute approximate surface area is 170 Å². The molecule has 0 spiro atoms. The molecule has 0 aromatic rings. The second-order valence-corrected chi connectivity index (χ2v) is 7.83. The largest absolute Gasteiger partial charge is 0.403 e. The Bertz CT molecular complexity index is 537. The van der Waals surface area contributed by atoms with E-state index in [9.17, 15) is 21.6 Å². The molecule has 0 aromatic heterocycles.